The Hall–Kier alpha value is -0.650. The van der Waals surface area contributed by atoms with Crippen molar-refractivity contribution in [3.8, 4) is 0 Å². The van der Waals surface area contributed by atoms with Crippen LogP contribution in [0.4, 0.5) is 0 Å². The first-order valence-corrected chi connectivity index (χ1v) is 6.82. The fourth-order valence-electron chi connectivity index (χ4n) is 4.33. The predicted octanol–water partition coefficient (Wildman–Crippen LogP) is -0.295. The van der Waals surface area contributed by atoms with Gasteiger partial charge < -0.3 is 20.7 Å². The Morgan fingerprint density at radius 1 is 1.33 bits per heavy atom. The van der Waals surface area contributed by atoms with E-state index < -0.39 is 0 Å². The Bertz CT molecular complexity index is 368. The number of nitrogens with zero attached hydrogens (tertiary/aromatic N) is 1. The zero-order valence-corrected chi connectivity index (χ0v) is 11.3. The summed E-state index contributed by atoms with van der Waals surface area (Å²) in [5.41, 5.74) is 5.07. The number of piperidine rings is 1. The minimum Gasteiger partial charge on any atom is -0.366 e. The molecule has 0 aromatic rings. The van der Waals surface area contributed by atoms with Crippen LogP contribution in [0.2, 0.25) is 0 Å². The molecule has 102 valence electrons. The van der Waals surface area contributed by atoms with Gasteiger partial charge in [0.05, 0.1) is 16.6 Å². The van der Waals surface area contributed by atoms with Gasteiger partial charge in [0.25, 0.3) is 0 Å². The second kappa shape index (κ2) is 3.68. The zero-order valence-electron chi connectivity index (χ0n) is 11.3. The van der Waals surface area contributed by atoms with E-state index in [2.05, 4.69) is 5.32 Å². The molecule has 18 heavy (non-hydrogen) atoms. The molecule has 3 saturated heterocycles. The van der Waals surface area contributed by atoms with Crippen molar-refractivity contribution < 1.29 is 9.53 Å². The normalized spacial score (nSPS) is 40.6. The average molecular weight is 253 g/mol. The van der Waals surface area contributed by atoms with Gasteiger partial charge in [-0.25, -0.2) is 0 Å². The Balaban J connectivity index is 1.95. The summed E-state index contributed by atoms with van der Waals surface area (Å²) in [5.74, 6) is 0.228. The first-order chi connectivity index (χ1) is 8.49. The Kier molecular flexibility index (Phi) is 2.53. The highest BCUT2D eigenvalue weighted by molar-refractivity contribution is 5.86. The molecule has 5 nitrogen and oxygen atoms in total. The molecule has 1 aliphatic carbocycles. The highest BCUT2D eigenvalue weighted by Gasteiger charge is 2.77. The number of ether oxygens (including phenoxy) is 1. The van der Waals surface area contributed by atoms with E-state index in [0.717, 1.165) is 38.8 Å². The number of nitrogens with one attached hydrogen (secondary N) is 1. The van der Waals surface area contributed by atoms with Gasteiger partial charge in [-0.1, -0.05) is 0 Å². The molecule has 1 saturated carbocycles. The van der Waals surface area contributed by atoms with Gasteiger partial charge in [-0.2, -0.15) is 0 Å². The van der Waals surface area contributed by atoms with Crippen molar-refractivity contribution in [1.29, 1.82) is 0 Å². The van der Waals surface area contributed by atoms with Crippen molar-refractivity contribution >= 4 is 5.91 Å². The van der Waals surface area contributed by atoms with Gasteiger partial charge in [-0.05, 0) is 38.8 Å². The molecule has 1 spiro atoms. The van der Waals surface area contributed by atoms with E-state index in [9.17, 15) is 4.79 Å². The van der Waals surface area contributed by atoms with Crippen LogP contribution in [0.1, 0.15) is 25.7 Å². The lowest BCUT2D eigenvalue weighted by Gasteiger charge is -2.48. The summed E-state index contributed by atoms with van der Waals surface area (Å²) in [5, 5.41) is 3.35. The third kappa shape index (κ3) is 1.30. The molecule has 0 aromatic carbocycles. The third-order valence-corrected chi connectivity index (χ3v) is 5.13. The number of hydrogen-bond acceptors (Lipinski definition) is 4. The predicted molar refractivity (Wildman–Crippen MR) is 68.1 cm³/mol. The van der Waals surface area contributed by atoms with Gasteiger partial charge in [0, 0.05) is 20.6 Å². The summed E-state index contributed by atoms with van der Waals surface area (Å²) in [6, 6.07) is 0. The van der Waals surface area contributed by atoms with Gasteiger partial charge in [0.1, 0.15) is 0 Å². The maximum absolute atomic E-state index is 12.6. The smallest absolute Gasteiger partial charge is 0.231 e. The van der Waals surface area contributed by atoms with Crippen LogP contribution in [0.3, 0.4) is 0 Å². The topological polar surface area (TPSA) is 67.6 Å². The fourth-order valence-corrected chi connectivity index (χ4v) is 4.33. The Morgan fingerprint density at radius 2 is 1.94 bits per heavy atom. The molecule has 0 atom stereocenters. The van der Waals surface area contributed by atoms with E-state index >= 15 is 0 Å². The summed E-state index contributed by atoms with van der Waals surface area (Å²) in [7, 11) is 3.68. The van der Waals surface area contributed by atoms with Gasteiger partial charge in [0.2, 0.25) is 5.91 Å². The molecule has 4 fully saturated rings. The molecule has 5 heteroatoms. The van der Waals surface area contributed by atoms with Gasteiger partial charge in [0.15, 0.2) is 0 Å². The number of carbonyl (C=O) groups excluding carboxylic acids is 1. The first-order valence-electron chi connectivity index (χ1n) is 6.82. The van der Waals surface area contributed by atoms with Crippen LogP contribution in [0, 0.1) is 5.41 Å². The van der Waals surface area contributed by atoms with E-state index in [1.807, 2.05) is 14.1 Å². The summed E-state index contributed by atoms with van der Waals surface area (Å²) >= 11 is 0. The lowest BCUT2D eigenvalue weighted by Crippen LogP contribution is -2.61. The summed E-state index contributed by atoms with van der Waals surface area (Å²) in [6.45, 7) is 2.40. The van der Waals surface area contributed by atoms with Crippen molar-refractivity contribution in [3.05, 3.63) is 0 Å². The van der Waals surface area contributed by atoms with Gasteiger partial charge in [-0.15, -0.1) is 0 Å². The molecule has 0 aromatic heterocycles. The number of rotatable bonds is 2. The molecule has 4 rings (SSSR count). The molecule has 0 unspecified atom stereocenters. The second-order valence-corrected chi connectivity index (χ2v) is 6.37. The molecular formula is C13H23N3O2. The lowest BCUT2D eigenvalue weighted by molar-refractivity contribution is -0.149. The van der Waals surface area contributed by atoms with Crippen LogP contribution in [-0.4, -0.2) is 55.7 Å². The van der Waals surface area contributed by atoms with Crippen LogP contribution in [0.25, 0.3) is 0 Å². The largest absolute Gasteiger partial charge is 0.366 e. The van der Waals surface area contributed by atoms with Crippen molar-refractivity contribution in [2.75, 3.05) is 33.7 Å². The molecule has 3 heterocycles. The average Bonchev–Trinajstić information content (AvgIpc) is 2.73. The third-order valence-electron chi connectivity index (χ3n) is 5.13. The van der Waals surface area contributed by atoms with E-state index in [1.54, 1.807) is 4.90 Å². The van der Waals surface area contributed by atoms with Crippen molar-refractivity contribution in [2.45, 2.75) is 36.9 Å². The lowest BCUT2D eigenvalue weighted by atomic mass is 9.53. The molecule has 3 N–H and O–H groups in total. The van der Waals surface area contributed by atoms with Gasteiger partial charge >= 0.3 is 0 Å². The number of hydrogen-bond donors (Lipinski definition) is 2. The van der Waals surface area contributed by atoms with Crippen LogP contribution in [0.5, 0.6) is 0 Å². The summed E-state index contributed by atoms with van der Waals surface area (Å²) in [6.07, 6.45) is 3.48. The Morgan fingerprint density at radius 3 is 2.44 bits per heavy atom. The minimum absolute atomic E-state index is 0.219. The maximum atomic E-state index is 12.6. The number of nitrogens with two attached hydrogens (primary N) is 1. The zero-order chi connectivity index (χ0) is 13.0. The van der Waals surface area contributed by atoms with Crippen molar-refractivity contribution in [2.24, 2.45) is 11.1 Å². The van der Waals surface area contributed by atoms with Crippen LogP contribution in [0.15, 0.2) is 0 Å². The molecule has 4 aliphatic rings. The van der Waals surface area contributed by atoms with Crippen molar-refractivity contribution in [3.63, 3.8) is 0 Å². The van der Waals surface area contributed by atoms with E-state index in [4.69, 9.17) is 10.5 Å². The van der Waals surface area contributed by atoms with E-state index in [-0.39, 0.29) is 22.5 Å². The highest BCUT2D eigenvalue weighted by atomic mass is 16.5. The van der Waals surface area contributed by atoms with Gasteiger partial charge in [-0.3, -0.25) is 4.79 Å². The van der Waals surface area contributed by atoms with E-state index in [0.29, 0.717) is 6.54 Å². The summed E-state index contributed by atoms with van der Waals surface area (Å²) < 4.78 is 6.36. The molecule has 0 radical (unpaired) electrons. The minimum atomic E-state index is -0.308. The molecule has 3 aliphatic heterocycles. The Labute approximate surface area is 108 Å². The van der Waals surface area contributed by atoms with E-state index in [1.165, 1.54) is 0 Å². The van der Waals surface area contributed by atoms with Crippen LogP contribution in [-0.2, 0) is 9.53 Å². The molecular weight excluding hydrogens is 230 g/mol. The highest BCUT2D eigenvalue weighted by Crippen LogP contribution is 2.69. The van der Waals surface area contributed by atoms with Crippen LogP contribution < -0.4 is 11.1 Å². The SMILES string of the molecule is CN(C)C(=O)C12CC(CN)(C1)OC21CCNCC1. The standard InChI is InChI=1S/C13H23N3O2/c1-16(2)10(17)12-7-11(8-12,9-14)18-13(12)3-5-15-6-4-13/h15H,3-9,14H2,1-2H3. The number of carbonyl (C=O) groups is 1. The summed E-state index contributed by atoms with van der Waals surface area (Å²) in [4.78, 5) is 14.3. The maximum Gasteiger partial charge on any atom is 0.231 e. The molecule has 2 bridgehead atoms. The quantitative estimate of drug-likeness (QED) is 0.709. The van der Waals surface area contributed by atoms with Crippen molar-refractivity contribution in [1.82, 2.24) is 10.2 Å². The monoisotopic (exact) mass is 253 g/mol. The number of amides is 1. The fraction of sp³-hybridized carbons (Fsp3) is 0.923. The van der Waals surface area contributed by atoms with Crippen LogP contribution >= 0.6 is 0 Å². The molecule has 1 amide bonds. The first kappa shape index (κ1) is 12.4. The second-order valence-electron chi connectivity index (χ2n) is 6.37.